The van der Waals surface area contributed by atoms with Crippen LogP contribution in [0.3, 0.4) is 0 Å². The van der Waals surface area contributed by atoms with Gasteiger partial charge in [0.25, 0.3) is 5.56 Å². The molecule has 0 aromatic carbocycles. The van der Waals surface area contributed by atoms with Crippen molar-refractivity contribution >= 4 is 13.6 Å². The van der Waals surface area contributed by atoms with E-state index in [-0.39, 0.29) is 0 Å². The van der Waals surface area contributed by atoms with E-state index >= 15 is 0 Å². The highest BCUT2D eigenvalue weighted by Crippen LogP contribution is 2.46. The van der Waals surface area contributed by atoms with Gasteiger partial charge in [0.1, 0.15) is 12.2 Å². The van der Waals surface area contributed by atoms with Gasteiger partial charge in [0.05, 0.1) is 18.7 Å². The van der Waals surface area contributed by atoms with Gasteiger partial charge in [-0.2, -0.15) is 0 Å². The Balaban J connectivity index is 2.21. The number of aliphatic hydroxyl groups excluding tert-OH is 1. The van der Waals surface area contributed by atoms with E-state index in [0.717, 1.165) is 16.8 Å². The molecule has 12 nitrogen and oxygen atoms in total. The number of hydrogen-bond acceptors (Lipinski definition) is 8. The number of aliphatic carboxylic acids is 1. The van der Waals surface area contributed by atoms with Crippen LogP contribution in [0, 0.1) is 18.3 Å². The molecule has 1 aliphatic heterocycles. The predicted molar refractivity (Wildman–Crippen MR) is 92.5 cm³/mol. The molecule has 1 unspecified atom stereocenters. The summed E-state index contributed by atoms with van der Waals surface area (Å²) in [5.74, 6) is -0.545. The third-order valence-corrected chi connectivity index (χ3v) is 5.75. The first-order valence-electron chi connectivity index (χ1n) is 7.95. The first-order chi connectivity index (χ1) is 12.9. The molecule has 13 heteroatoms. The van der Waals surface area contributed by atoms with Crippen LogP contribution in [0.1, 0.15) is 13.2 Å². The Morgan fingerprint density at radius 2 is 2.21 bits per heavy atom. The van der Waals surface area contributed by atoms with E-state index in [4.69, 9.17) is 20.8 Å². The second kappa shape index (κ2) is 8.00. The van der Waals surface area contributed by atoms with Crippen molar-refractivity contribution in [3.63, 3.8) is 0 Å². The summed E-state index contributed by atoms with van der Waals surface area (Å²) in [6.45, 7) is 0.491. The van der Waals surface area contributed by atoms with Crippen LogP contribution in [0.2, 0.25) is 0 Å². The molecule has 0 bridgehead atoms. The number of nitrogens with zero attached hydrogens (tertiary/aromatic N) is 1. The summed E-state index contributed by atoms with van der Waals surface area (Å²) in [6.07, 6.45) is 0.710. The number of aromatic amines is 1. The summed E-state index contributed by atoms with van der Waals surface area (Å²) in [4.78, 5) is 45.6. The van der Waals surface area contributed by atoms with Gasteiger partial charge >= 0.3 is 19.3 Å². The highest BCUT2D eigenvalue weighted by Gasteiger charge is 2.56. The van der Waals surface area contributed by atoms with Crippen molar-refractivity contribution in [2.75, 3.05) is 12.8 Å². The number of aromatic nitrogens is 2. The second-order valence-corrected chi connectivity index (χ2v) is 8.21. The number of H-pyrrole nitrogens is 1. The van der Waals surface area contributed by atoms with Crippen molar-refractivity contribution in [3.8, 4) is 12.3 Å². The molecule has 154 valence electrons. The van der Waals surface area contributed by atoms with Gasteiger partial charge in [-0.05, 0) is 0 Å². The van der Waals surface area contributed by atoms with Gasteiger partial charge in [0.15, 0.2) is 11.8 Å². The molecule has 1 saturated heterocycles. The number of ether oxygens (including phenoxy) is 1. The number of rotatable bonds is 7. The van der Waals surface area contributed by atoms with Gasteiger partial charge in [-0.25, -0.2) is 4.79 Å². The van der Waals surface area contributed by atoms with Crippen LogP contribution in [0.4, 0.5) is 0 Å². The first-order valence-corrected chi connectivity index (χ1v) is 9.72. The van der Waals surface area contributed by atoms with Crippen molar-refractivity contribution in [3.05, 3.63) is 33.1 Å². The lowest BCUT2D eigenvalue weighted by Crippen LogP contribution is -2.48. The van der Waals surface area contributed by atoms with Crippen LogP contribution in [-0.2, 0) is 18.6 Å². The van der Waals surface area contributed by atoms with Gasteiger partial charge in [0, 0.05) is 12.3 Å². The summed E-state index contributed by atoms with van der Waals surface area (Å²) >= 11 is 0. The fourth-order valence-corrected chi connectivity index (χ4v) is 3.95. The summed E-state index contributed by atoms with van der Waals surface area (Å²) < 4.78 is 22.9. The van der Waals surface area contributed by atoms with E-state index in [0.29, 0.717) is 0 Å². The Labute approximate surface area is 157 Å². The number of carboxylic acids is 1. The fourth-order valence-electron chi connectivity index (χ4n) is 2.62. The third kappa shape index (κ3) is 4.41. The molecule has 1 aromatic heterocycles. The molecule has 0 aliphatic carbocycles. The summed E-state index contributed by atoms with van der Waals surface area (Å²) in [5, 5.41) is 29.7. The number of hydrogen-bond donors (Lipinski definition) is 5. The van der Waals surface area contributed by atoms with E-state index in [1.807, 2.05) is 10.9 Å². The maximum atomic E-state index is 12.0. The minimum absolute atomic E-state index is 0.687. The number of aliphatic hydroxyl groups is 2. The van der Waals surface area contributed by atoms with E-state index in [9.17, 15) is 34.1 Å². The molecular weight excluding hydrogens is 399 g/mol. The molecular formula is C15H19N2O10P. The molecule has 2 rings (SSSR count). The molecule has 0 saturated carbocycles. The van der Waals surface area contributed by atoms with Crippen LogP contribution in [0.25, 0.3) is 0 Å². The van der Waals surface area contributed by atoms with Crippen molar-refractivity contribution in [2.24, 2.45) is 5.92 Å². The Kier molecular flexibility index (Phi) is 6.30. The first kappa shape index (κ1) is 22.0. The average molecular weight is 418 g/mol. The monoisotopic (exact) mass is 418 g/mol. The van der Waals surface area contributed by atoms with Crippen molar-refractivity contribution < 1.29 is 38.8 Å². The molecule has 0 radical (unpaired) electrons. The molecule has 1 aliphatic rings. The van der Waals surface area contributed by atoms with Crippen LogP contribution in [0.5, 0.6) is 0 Å². The van der Waals surface area contributed by atoms with Gasteiger partial charge in [-0.3, -0.25) is 23.7 Å². The zero-order chi connectivity index (χ0) is 21.3. The minimum atomic E-state index is -4.36. The maximum Gasteiger partial charge on any atom is 0.330 e. The molecule has 1 fully saturated rings. The topological polar surface area (TPSA) is 188 Å². The minimum Gasteiger partial charge on any atom is -0.481 e. The second-order valence-electron chi connectivity index (χ2n) is 6.31. The van der Waals surface area contributed by atoms with Crippen molar-refractivity contribution in [1.82, 2.24) is 9.55 Å². The highest BCUT2D eigenvalue weighted by molar-refractivity contribution is 7.52. The zero-order valence-corrected chi connectivity index (χ0v) is 15.5. The normalized spacial score (nSPS) is 30.3. The van der Waals surface area contributed by atoms with Crippen LogP contribution in [0.15, 0.2) is 21.9 Å². The van der Waals surface area contributed by atoms with Gasteiger partial charge < -0.3 is 29.5 Å². The smallest absolute Gasteiger partial charge is 0.330 e. The van der Waals surface area contributed by atoms with Crippen molar-refractivity contribution in [2.45, 2.75) is 31.0 Å². The fraction of sp³-hybridized carbons (Fsp3) is 0.533. The zero-order valence-electron chi connectivity index (χ0n) is 14.6. The average Bonchev–Trinajstić information content (AvgIpc) is 2.85. The van der Waals surface area contributed by atoms with Crippen molar-refractivity contribution in [1.29, 1.82) is 0 Å². The van der Waals surface area contributed by atoms with Crippen LogP contribution < -0.4 is 11.2 Å². The van der Waals surface area contributed by atoms with Crippen LogP contribution >= 0.6 is 7.60 Å². The van der Waals surface area contributed by atoms with E-state index in [2.05, 4.69) is 0 Å². The van der Waals surface area contributed by atoms with Gasteiger partial charge in [-0.15, -0.1) is 6.42 Å². The number of carbonyl (C=O) groups is 1. The largest absolute Gasteiger partial charge is 0.481 e. The molecule has 0 spiro atoms. The standard InChI is InChI=1S/C15H19N2O10P/c1-3-15(23)11(19)9(6-26-28(24,25)7-8(2)12(20)21)27-13(15)17-5-4-10(18)16-14(17)22/h1,4-5,8-9,11,13,19,23H,6-7H2,2H3,(H,20,21)(H,24,25)(H,16,18,22)/t8-,9-,11-,13-,15-/m1/s1. The lowest BCUT2D eigenvalue weighted by Gasteiger charge is -2.26. The Morgan fingerprint density at radius 3 is 2.75 bits per heavy atom. The molecule has 1 aromatic rings. The highest BCUT2D eigenvalue weighted by atomic mass is 31.2. The summed E-state index contributed by atoms with van der Waals surface area (Å²) in [7, 11) is -4.36. The molecule has 5 N–H and O–H groups in total. The van der Waals surface area contributed by atoms with E-state index < -0.39 is 67.5 Å². The molecule has 6 atom stereocenters. The van der Waals surface area contributed by atoms with E-state index in [1.54, 1.807) is 0 Å². The Bertz CT molecular complexity index is 949. The number of carboxylic acid groups (broad SMARTS) is 1. The lowest BCUT2D eigenvalue weighted by atomic mass is 9.95. The van der Waals surface area contributed by atoms with Gasteiger partial charge in [0.2, 0.25) is 0 Å². The SMILES string of the molecule is C#C[C@@]1(O)[C@H](O)[C@@H](COP(=O)(O)C[C@@H](C)C(=O)O)O[C@H]1n1ccc(=O)[nH]c1=O. The quantitative estimate of drug-likeness (QED) is 0.247. The van der Waals surface area contributed by atoms with Crippen LogP contribution in [-0.4, -0.2) is 66.3 Å². The number of terminal acetylenes is 1. The maximum absolute atomic E-state index is 12.0. The van der Waals surface area contributed by atoms with E-state index in [1.165, 1.54) is 6.92 Å². The number of nitrogens with one attached hydrogen (secondary N) is 1. The lowest BCUT2D eigenvalue weighted by molar-refractivity contribution is -0.140. The third-order valence-electron chi connectivity index (χ3n) is 4.18. The van der Waals surface area contributed by atoms with Gasteiger partial charge in [-0.1, -0.05) is 12.8 Å². The summed E-state index contributed by atoms with van der Waals surface area (Å²) in [6, 6.07) is 0.965. The molecule has 0 amide bonds. The molecule has 2 heterocycles. The Hall–Kier alpha value is -2.26. The molecule has 28 heavy (non-hydrogen) atoms. The predicted octanol–water partition coefficient (Wildman–Crippen LogP) is -1.92. The summed E-state index contributed by atoms with van der Waals surface area (Å²) in [5.41, 5.74) is -4.09. The Morgan fingerprint density at radius 1 is 1.57 bits per heavy atom.